The summed E-state index contributed by atoms with van der Waals surface area (Å²) < 4.78 is 6.40. The van der Waals surface area contributed by atoms with Crippen LogP contribution in [0.4, 0.5) is 0 Å². The molecular weight excluding hydrogens is 450 g/mol. The number of fused-ring (bicyclic) bond motifs is 1. The molecule has 3 rings (SSSR count). The summed E-state index contributed by atoms with van der Waals surface area (Å²) in [4.78, 5) is 44.5. The molecule has 0 radical (unpaired) electrons. The summed E-state index contributed by atoms with van der Waals surface area (Å²) in [7, 11) is 1.30. The SMILES string of the molecule is C=C(C)CN(CC)C(=O)CSc1nc2cc(C(=O)OC)ccc2c(=O)n1CCc1ccccc1. The first-order valence-electron chi connectivity index (χ1n) is 11.1. The Bertz CT molecular complexity index is 1250. The molecule has 0 unspecified atom stereocenters. The second-order valence-electron chi connectivity index (χ2n) is 7.96. The number of ether oxygens (including phenoxy) is 1. The number of thioether (sulfide) groups is 1. The van der Waals surface area contributed by atoms with Crippen molar-refractivity contribution in [3.8, 4) is 0 Å². The van der Waals surface area contributed by atoms with Gasteiger partial charge in [-0.25, -0.2) is 9.78 Å². The Morgan fingerprint density at radius 1 is 1.18 bits per heavy atom. The Kier molecular flexibility index (Phi) is 8.65. The van der Waals surface area contributed by atoms with Crippen LogP contribution in [0.5, 0.6) is 0 Å². The quantitative estimate of drug-likeness (QED) is 0.190. The molecule has 2 aromatic carbocycles. The largest absolute Gasteiger partial charge is 0.465 e. The highest BCUT2D eigenvalue weighted by molar-refractivity contribution is 7.99. The third-order valence-electron chi connectivity index (χ3n) is 5.33. The van der Waals surface area contributed by atoms with Crippen molar-refractivity contribution >= 4 is 34.5 Å². The third kappa shape index (κ3) is 6.14. The van der Waals surface area contributed by atoms with Crippen LogP contribution >= 0.6 is 11.8 Å². The maximum absolute atomic E-state index is 13.4. The van der Waals surface area contributed by atoms with Crippen LogP contribution in [0.25, 0.3) is 10.9 Å². The lowest BCUT2D eigenvalue weighted by molar-refractivity contribution is -0.127. The molecular formula is C26H29N3O4S. The van der Waals surface area contributed by atoms with Gasteiger partial charge in [0.1, 0.15) is 0 Å². The summed E-state index contributed by atoms with van der Waals surface area (Å²) in [6.45, 7) is 9.17. The molecule has 0 saturated heterocycles. The van der Waals surface area contributed by atoms with Gasteiger partial charge in [0.2, 0.25) is 5.91 Å². The molecule has 0 N–H and O–H groups in total. The summed E-state index contributed by atoms with van der Waals surface area (Å²) in [6.07, 6.45) is 0.645. The number of benzene rings is 2. The predicted octanol–water partition coefficient (Wildman–Crippen LogP) is 3.94. The first kappa shape index (κ1) is 25.2. The van der Waals surface area contributed by atoms with Gasteiger partial charge in [-0.15, -0.1) is 0 Å². The third-order valence-corrected chi connectivity index (χ3v) is 6.29. The fourth-order valence-electron chi connectivity index (χ4n) is 3.56. The molecule has 3 aromatic rings. The first-order chi connectivity index (χ1) is 16.3. The molecule has 0 aliphatic heterocycles. The van der Waals surface area contributed by atoms with E-state index >= 15 is 0 Å². The normalized spacial score (nSPS) is 10.8. The van der Waals surface area contributed by atoms with Crippen LogP contribution in [0.15, 0.2) is 70.6 Å². The average molecular weight is 480 g/mol. The summed E-state index contributed by atoms with van der Waals surface area (Å²) >= 11 is 1.22. The lowest BCUT2D eigenvalue weighted by Crippen LogP contribution is -2.34. The van der Waals surface area contributed by atoms with Crippen LogP contribution in [-0.4, -0.2) is 52.3 Å². The number of hydrogen-bond donors (Lipinski definition) is 0. The minimum Gasteiger partial charge on any atom is -0.465 e. The molecule has 0 bridgehead atoms. The molecule has 1 heterocycles. The number of rotatable bonds is 10. The summed E-state index contributed by atoms with van der Waals surface area (Å²) in [5.74, 6) is -0.413. The number of carbonyl (C=O) groups is 2. The van der Waals surface area contributed by atoms with Gasteiger partial charge in [-0.05, 0) is 44.0 Å². The Morgan fingerprint density at radius 3 is 2.56 bits per heavy atom. The fourth-order valence-corrected chi connectivity index (χ4v) is 4.49. The minimum absolute atomic E-state index is 0.0530. The second kappa shape index (κ2) is 11.7. The Hall–Kier alpha value is -3.39. The smallest absolute Gasteiger partial charge is 0.337 e. The van der Waals surface area contributed by atoms with Crippen molar-refractivity contribution in [2.75, 3.05) is 26.0 Å². The van der Waals surface area contributed by atoms with Crippen molar-refractivity contribution < 1.29 is 14.3 Å². The standard InChI is InChI=1S/C26H29N3O4S/c1-5-28(16-18(2)3)23(30)17-34-26-27-22-15-20(25(32)33-4)11-12-21(22)24(31)29(26)14-13-19-9-7-6-8-10-19/h6-12,15H,2,5,13-14,16-17H2,1,3-4H3. The van der Waals surface area contributed by atoms with Gasteiger partial charge in [0.15, 0.2) is 5.16 Å². The molecule has 178 valence electrons. The minimum atomic E-state index is -0.500. The number of aryl methyl sites for hydroxylation is 1. The Morgan fingerprint density at radius 2 is 1.91 bits per heavy atom. The van der Waals surface area contributed by atoms with E-state index in [0.717, 1.165) is 11.1 Å². The molecule has 0 aliphatic carbocycles. The lowest BCUT2D eigenvalue weighted by atomic mass is 10.1. The zero-order chi connectivity index (χ0) is 24.7. The Balaban J connectivity index is 1.97. The zero-order valence-electron chi connectivity index (χ0n) is 19.7. The highest BCUT2D eigenvalue weighted by Gasteiger charge is 2.18. The van der Waals surface area contributed by atoms with E-state index in [2.05, 4.69) is 11.6 Å². The topological polar surface area (TPSA) is 81.5 Å². The summed E-state index contributed by atoms with van der Waals surface area (Å²) in [5, 5.41) is 0.851. The van der Waals surface area contributed by atoms with Crippen LogP contribution in [0, 0.1) is 0 Å². The highest BCUT2D eigenvalue weighted by Crippen LogP contribution is 2.20. The summed E-state index contributed by atoms with van der Waals surface area (Å²) in [6, 6.07) is 14.6. The molecule has 7 nitrogen and oxygen atoms in total. The molecule has 0 fully saturated rings. The van der Waals surface area contributed by atoms with E-state index < -0.39 is 5.97 Å². The number of nitrogens with zero attached hydrogens (tertiary/aromatic N) is 3. The number of carbonyl (C=O) groups excluding carboxylic acids is 2. The van der Waals surface area contributed by atoms with Gasteiger partial charge in [0.05, 0.1) is 29.3 Å². The fraction of sp³-hybridized carbons (Fsp3) is 0.308. The van der Waals surface area contributed by atoms with Crippen molar-refractivity contribution in [3.05, 3.63) is 82.2 Å². The monoisotopic (exact) mass is 479 g/mol. The van der Waals surface area contributed by atoms with Crippen LogP contribution in [0.3, 0.4) is 0 Å². The number of amides is 1. The van der Waals surface area contributed by atoms with E-state index in [4.69, 9.17) is 4.74 Å². The number of aromatic nitrogens is 2. The van der Waals surface area contributed by atoms with Crippen LogP contribution < -0.4 is 5.56 Å². The molecule has 1 aromatic heterocycles. The van der Waals surface area contributed by atoms with Crippen molar-refractivity contribution in [1.82, 2.24) is 14.5 Å². The Labute approximate surface area is 203 Å². The highest BCUT2D eigenvalue weighted by atomic mass is 32.2. The summed E-state index contributed by atoms with van der Waals surface area (Å²) in [5.41, 5.74) is 2.50. The number of esters is 1. The van der Waals surface area contributed by atoms with E-state index in [1.54, 1.807) is 27.7 Å². The van der Waals surface area contributed by atoms with E-state index in [1.165, 1.54) is 18.9 Å². The zero-order valence-corrected chi connectivity index (χ0v) is 20.6. The van der Waals surface area contributed by atoms with Crippen LogP contribution in [0.1, 0.15) is 29.8 Å². The molecule has 0 aliphatic rings. The number of methoxy groups -OCH3 is 1. The van der Waals surface area contributed by atoms with Gasteiger partial charge in [0, 0.05) is 19.6 Å². The average Bonchev–Trinajstić information content (AvgIpc) is 2.85. The van der Waals surface area contributed by atoms with Gasteiger partial charge in [-0.1, -0.05) is 54.2 Å². The predicted molar refractivity (Wildman–Crippen MR) is 135 cm³/mol. The van der Waals surface area contributed by atoms with Crippen molar-refractivity contribution in [3.63, 3.8) is 0 Å². The molecule has 8 heteroatoms. The lowest BCUT2D eigenvalue weighted by Gasteiger charge is -2.21. The van der Waals surface area contributed by atoms with Gasteiger partial charge >= 0.3 is 5.97 Å². The maximum Gasteiger partial charge on any atom is 0.337 e. The van der Waals surface area contributed by atoms with Crippen molar-refractivity contribution in [2.24, 2.45) is 0 Å². The van der Waals surface area contributed by atoms with Gasteiger partial charge in [-0.2, -0.15) is 0 Å². The molecule has 0 spiro atoms. The van der Waals surface area contributed by atoms with Crippen molar-refractivity contribution in [1.29, 1.82) is 0 Å². The second-order valence-corrected chi connectivity index (χ2v) is 8.91. The molecule has 0 saturated carbocycles. The van der Waals surface area contributed by atoms with E-state index in [0.29, 0.717) is 47.7 Å². The van der Waals surface area contributed by atoms with Gasteiger partial charge in [-0.3, -0.25) is 14.2 Å². The van der Waals surface area contributed by atoms with E-state index in [9.17, 15) is 14.4 Å². The molecule has 1 amide bonds. The maximum atomic E-state index is 13.4. The molecule has 0 atom stereocenters. The molecule has 34 heavy (non-hydrogen) atoms. The van der Waals surface area contributed by atoms with Crippen LogP contribution in [0.2, 0.25) is 0 Å². The first-order valence-corrected chi connectivity index (χ1v) is 12.0. The van der Waals surface area contributed by atoms with E-state index in [-0.39, 0.29) is 17.2 Å². The number of likely N-dealkylation sites (N-methyl/N-ethyl adjacent to an activating group) is 1. The number of hydrogen-bond acceptors (Lipinski definition) is 6. The van der Waals surface area contributed by atoms with Gasteiger partial charge in [0.25, 0.3) is 5.56 Å². The van der Waals surface area contributed by atoms with Crippen molar-refractivity contribution in [2.45, 2.75) is 32.0 Å². The van der Waals surface area contributed by atoms with Gasteiger partial charge < -0.3 is 9.64 Å². The van der Waals surface area contributed by atoms with Crippen LogP contribution in [-0.2, 0) is 22.5 Å². The van der Waals surface area contributed by atoms with E-state index in [1.807, 2.05) is 44.2 Å².